The van der Waals surface area contributed by atoms with Crippen LogP contribution in [0, 0.1) is 11.3 Å². The molecule has 1 fully saturated rings. The Bertz CT molecular complexity index is 1440. The molecule has 2 aliphatic rings. The van der Waals surface area contributed by atoms with E-state index in [2.05, 4.69) is 64.4 Å². The molecule has 178 valence electrons. The maximum absolute atomic E-state index is 13.3. The summed E-state index contributed by atoms with van der Waals surface area (Å²) in [6.45, 7) is 5.58. The minimum atomic E-state index is -0.215. The maximum Gasteiger partial charge on any atom is 0.260 e. The minimum absolute atomic E-state index is 0.215. The van der Waals surface area contributed by atoms with Gasteiger partial charge < -0.3 is 4.98 Å². The highest BCUT2D eigenvalue weighted by atomic mass is 16.1. The van der Waals surface area contributed by atoms with Crippen LogP contribution in [0.3, 0.4) is 0 Å². The number of benzene rings is 1. The molecule has 3 aromatic heterocycles. The second-order valence-corrected chi connectivity index (χ2v) is 10.7. The lowest BCUT2D eigenvalue weighted by Gasteiger charge is -2.28. The number of nitrogens with zero attached hydrogens (tertiary/aromatic N) is 4. The number of nitrogens with one attached hydrogen (secondary N) is 2. The molecule has 3 heterocycles. The standard InChI is InChI=1S/C28H30N6O/c1-28(2)12-9-20(10-13-28)19-5-7-21(8-6-19)24-15-22(23-11-14-34(33-23)16-18-3-4-18)25(27(35)31-24)26-29-17-30-32-26/h5-9,11,14-15,17-18H,3-4,10,12-13,16H2,1-2H3,(H,31,35)(H,29,30,32). The fourth-order valence-corrected chi connectivity index (χ4v) is 4.85. The van der Waals surface area contributed by atoms with Gasteiger partial charge in [-0.15, -0.1) is 0 Å². The van der Waals surface area contributed by atoms with Gasteiger partial charge in [0.2, 0.25) is 0 Å². The van der Waals surface area contributed by atoms with E-state index >= 15 is 0 Å². The Morgan fingerprint density at radius 2 is 1.91 bits per heavy atom. The van der Waals surface area contributed by atoms with E-state index in [9.17, 15) is 4.79 Å². The first-order chi connectivity index (χ1) is 16.9. The maximum atomic E-state index is 13.3. The molecule has 0 aliphatic heterocycles. The summed E-state index contributed by atoms with van der Waals surface area (Å²) < 4.78 is 1.98. The summed E-state index contributed by atoms with van der Waals surface area (Å²) in [6.07, 6.45) is 11.7. The average molecular weight is 467 g/mol. The number of H-pyrrole nitrogens is 2. The lowest BCUT2D eigenvalue weighted by Crippen LogP contribution is -2.14. The molecule has 1 aromatic carbocycles. The van der Waals surface area contributed by atoms with Crippen LogP contribution in [0.5, 0.6) is 0 Å². The summed E-state index contributed by atoms with van der Waals surface area (Å²) in [5.74, 6) is 1.15. The highest BCUT2D eigenvalue weighted by molar-refractivity contribution is 5.81. The van der Waals surface area contributed by atoms with Crippen molar-refractivity contribution in [1.82, 2.24) is 29.9 Å². The Kier molecular flexibility index (Phi) is 5.28. The SMILES string of the molecule is CC1(C)CC=C(c2ccc(-c3cc(-c4ccn(CC5CC5)n4)c(-c4ncn[nH]4)c(=O)[nH]3)cc2)CC1. The Hall–Kier alpha value is -3.74. The van der Waals surface area contributed by atoms with Crippen LogP contribution in [0.4, 0.5) is 0 Å². The summed E-state index contributed by atoms with van der Waals surface area (Å²) in [5.41, 5.74) is 6.52. The smallest absolute Gasteiger partial charge is 0.260 e. The molecule has 0 spiro atoms. The predicted molar refractivity (Wildman–Crippen MR) is 137 cm³/mol. The first-order valence-corrected chi connectivity index (χ1v) is 12.4. The van der Waals surface area contributed by atoms with Crippen LogP contribution in [0.15, 0.2) is 59.8 Å². The van der Waals surface area contributed by atoms with Crippen molar-refractivity contribution >= 4 is 5.57 Å². The van der Waals surface area contributed by atoms with Crippen molar-refractivity contribution in [2.75, 3.05) is 0 Å². The first kappa shape index (κ1) is 21.8. The van der Waals surface area contributed by atoms with E-state index in [1.165, 1.54) is 36.7 Å². The van der Waals surface area contributed by atoms with E-state index in [4.69, 9.17) is 5.10 Å². The van der Waals surface area contributed by atoms with Crippen LogP contribution < -0.4 is 5.56 Å². The van der Waals surface area contributed by atoms with Crippen LogP contribution in [0.2, 0.25) is 0 Å². The molecule has 7 heteroatoms. The third-order valence-corrected chi connectivity index (χ3v) is 7.28. The zero-order valence-electron chi connectivity index (χ0n) is 20.2. The summed E-state index contributed by atoms with van der Waals surface area (Å²) in [5, 5.41) is 11.6. The molecule has 6 rings (SSSR count). The van der Waals surface area contributed by atoms with Crippen molar-refractivity contribution in [2.24, 2.45) is 11.3 Å². The van der Waals surface area contributed by atoms with Crippen molar-refractivity contribution in [3.05, 3.63) is 70.9 Å². The van der Waals surface area contributed by atoms with Gasteiger partial charge in [0, 0.05) is 24.0 Å². The lowest BCUT2D eigenvalue weighted by molar-refractivity contribution is 0.335. The van der Waals surface area contributed by atoms with E-state index in [0.717, 1.165) is 47.8 Å². The zero-order chi connectivity index (χ0) is 24.0. The van der Waals surface area contributed by atoms with Crippen LogP contribution in [0.1, 0.15) is 51.5 Å². The molecule has 0 amide bonds. The quantitative estimate of drug-likeness (QED) is 0.382. The Labute approximate surface area is 204 Å². The van der Waals surface area contributed by atoms with E-state index in [1.54, 1.807) is 0 Å². The van der Waals surface area contributed by atoms with Gasteiger partial charge in [-0.3, -0.25) is 14.6 Å². The normalized spacial score (nSPS) is 17.4. The van der Waals surface area contributed by atoms with Gasteiger partial charge in [0.25, 0.3) is 5.56 Å². The molecule has 0 radical (unpaired) electrons. The van der Waals surface area contributed by atoms with Gasteiger partial charge in [0.05, 0.1) is 11.3 Å². The number of pyridine rings is 1. The fourth-order valence-electron chi connectivity index (χ4n) is 4.85. The van der Waals surface area contributed by atoms with E-state index in [-0.39, 0.29) is 5.56 Å². The summed E-state index contributed by atoms with van der Waals surface area (Å²) in [7, 11) is 0. The third kappa shape index (κ3) is 4.50. The zero-order valence-corrected chi connectivity index (χ0v) is 20.2. The van der Waals surface area contributed by atoms with E-state index in [1.807, 2.05) is 23.0 Å². The molecule has 0 saturated heterocycles. The van der Waals surface area contributed by atoms with Crippen LogP contribution in [0.25, 0.3) is 39.5 Å². The van der Waals surface area contributed by atoms with Crippen LogP contribution >= 0.6 is 0 Å². The molecule has 1 saturated carbocycles. The van der Waals surface area contributed by atoms with Crippen molar-refractivity contribution in [1.29, 1.82) is 0 Å². The molecule has 2 aliphatic carbocycles. The Morgan fingerprint density at radius 1 is 1.11 bits per heavy atom. The van der Waals surface area contributed by atoms with Gasteiger partial charge in [-0.25, -0.2) is 4.98 Å². The number of aromatic nitrogens is 6. The molecule has 4 aromatic rings. The lowest BCUT2D eigenvalue weighted by atomic mass is 9.77. The van der Waals surface area contributed by atoms with Crippen LogP contribution in [-0.2, 0) is 6.54 Å². The first-order valence-electron chi connectivity index (χ1n) is 12.4. The molecule has 0 atom stereocenters. The molecule has 0 bridgehead atoms. The van der Waals surface area contributed by atoms with Gasteiger partial charge in [-0.2, -0.15) is 10.2 Å². The number of allylic oxidation sites excluding steroid dienone is 2. The monoisotopic (exact) mass is 466 g/mol. The Balaban J connectivity index is 1.37. The number of hydrogen-bond donors (Lipinski definition) is 2. The largest absolute Gasteiger partial charge is 0.321 e. The highest BCUT2D eigenvalue weighted by Gasteiger charge is 2.24. The van der Waals surface area contributed by atoms with Crippen molar-refractivity contribution in [3.63, 3.8) is 0 Å². The number of rotatable bonds is 6. The van der Waals surface area contributed by atoms with Crippen molar-refractivity contribution in [3.8, 4) is 33.9 Å². The summed E-state index contributed by atoms with van der Waals surface area (Å²) in [6, 6.07) is 12.5. The topological polar surface area (TPSA) is 92.2 Å². The Morgan fingerprint density at radius 3 is 2.60 bits per heavy atom. The molecule has 7 nitrogen and oxygen atoms in total. The average Bonchev–Trinajstić information content (AvgIpc) is 3.29. The van der Waals surface area contributed by atoms with E-state index in [0.29, 0.717) is 16.8 Å². The van der Waals surface area contributed by atoms with E-state index < -0.39 is 0 Å². The molecule has 0 unspecified atom stereocenters. The van der Waals surface area contributed by atoms with Gasteiger partial charge in [-0.05, 0) is 72.3 Å². The summed E-state index contributed by atoms with van der Waals surface area (Å²) in [4.78, 5) is 20.6. The second kappa shape index (κ2) is 8.48. The van der Waals surface area contributed by atoms with Gasteiger partial charge in [0.15, 0.2) is 5.82 Å². The molecular weight excluding hydrogens is 436 g/mol. The summed E-state index contributed by atoms with van der Waals surface area (Å²) >= 11 is 0. The molecular formula is C28H30N6O. The van der Waals surface area contributed by atoms with Gasteiger partial charge in [0.1, 0.15) is 6.33 Å². The van der Waals surface area contributed by atoms with Crippen LogP contribution in [-0.4, -0.2) is 29.9 Å². The highest BCUT2D eigenvalue weighted by Crippen LogP contribution is 2.38. The predicted octanol–water partition coefficient (Wildman–Crippen LogP) is 5.69. The van der Waals surface area contributed by atoms with Crippen molar-refractivity contribution < 1.29 is 0 Å². The fraction of sp³-hybridized carbons (Fsp3) is 0.357. The van der Waals surface area contributed by atoms with Gasteiger partial charge in [-0.1, -0.05) is 44.2 Å². The second-order valence-electron chi connectivity index (χ2n) is 10.7. The van der Waals surface area contributed by atoms with Gasteiger partial charge >= 0.3 is 0 Å². The third-order valence-electron chi connectivity index (χ3n) is 7.28. The molecule has 2 N–H and O–H groups in total. The molecule has 35 heavy (non-hydrogen) atoms. The number of aromatic amines is 2. The minimum Gasteiger partial charge on any atom is -0.321 e. The number of hydrogen-bond acceptors (Lipinski definition) is 4. The van der Waals surface area contributed by atoms with Crippen molar-refractivity contribution in [2.45, 2.75) is 52.5 Å².